The van der Waals surface area contributed by atoms with Gasteiger partial charge in [0.1, 0.15) is 5.60 Å². The first kappa shape index (κ1) is 9.06. The molecule has 1 heterocycles. The average Bonchev–Trinajstić information content (AvgIpc) is 2.20. The van der Waals surface area contributed by atoms with E-state index in [4.69, 9.17) is 15.6 Å². The van der Waals surface area contributed by atoms with Gasteiger partial charge in [-0.05, 0) is 13.8 Å². The van der Waals surface area contributed by atoms with Crippen molar-refractivity contribution in [3.05, 3.63) is 12.0 Å². The van der Waals surface area contributed by atoms with Crippen LogP contribution in [-0.4, -0.2) is 29.6 Å². The monoisotopic (exact) mass is 170 g/mol. The normalized spacial score (nSPS) is 23.9. The van der Waals surface area contributed by atoms with Gasteiger partial charge >= 0.3 is 0 Å². The molecule has 3 N–H and O–H groups in total. The lowest BCUT2D eigenvalue weighted by molar-refractivity contribution is 0.107. The van der Waals surface area contributed by atoms with E-state index in [2.05, 4.69) is 4.99 Å². The summed E-state index contributed by atoms with van der Waals surface area (Å²) >= 11 is 0. The van der Waals surface area contributed by atoms with Crippen molar-refractivity contribution in [2.75, 3.05) is 13.2 Å². The Morgan fingerprint density at radius 3 is 2.75 bits per heavy atom. The number of aliphatic hydroxyl groups is 1. The van der Waals surface area contributed by atoms with E-state index >= 15 is 0 Å². The highest BCUT2D eigenvalue weighted by atomic mass is 16.5. The number of ether oxygens (including phenoxy) is 1. The Balaban J connectivity index is 2.75. The van der Waals surface area contributed by atoms with Crippen LogP contribution < -0.4 is 5.73 Å². The number of nitrogens with zero attached hydrogens (tertiary/aromatic N) is 1. The second-order valence-electron chi connectivity index (χ2n) is 3.15. The smallest absolute Gasteiger partial charge is 0.187 e. The molecule has 0 amide bonds. The van der Waals surface area contributed by atoms with Gasteiger partial charge in [0.25, 0.3) is 0 Å². The van der Waals surface area contributed by atoms with Crippen molar-refractivity contribution >= 4 is 5.71 Å². The van der Waals surface area contributed by atoms with E-state index in [9.17, 15) is 0 Å². The average molecular weight is 170 g/mol. The molecule has 4 nitrogen and oxygen atoms in total. The Morgan fingerprint density at radius 2 is 2.33 bits per heavy atom. The van der Waals surface area contributed by atoms with Gasteiger partial charge < -0.3 is 15.6 Å². The van der Waals surface area contributed by atoms with Crippen LogP contribution in [0.1, 0.15) is 13.8 Å². The first-order valence-electron chi connectivity index (χ1n) is 3.88. The lowest BCUT2D eigenvalue weighted by Gasteiger charge is -2.19. The fraction of sp³-hybridized carbons (Fsp3) is 0.625. The number of aliphatic hydroxyl groups excluding tert-OH is 1. The highest BCUT2D eigenvalue weighted by molar-refractivity contribution is 6.03. The molecule has 0 radical (unpaired) electrons. The molecular formula is C8H14N2O2. The molecule has 12 heavy (non-hydrogen) atoms. The molecule has 0 aromatic rings. The fourth-order valence-electron chi connectivity index (χ4n) is 1.09. The predicted octanol–water partition coefficient (Wildman–Crippen LogP) is 0.0286. The van der Waals surface area contributed by atoms with Crippen LogP contribution in [0.5, 0.6) is 0 Å². The second-order valence-corrected chi connectivity index (χ2v) is 3.15. The molecule has 0 aliphatic carbocycles. The molecule has 1 aliphatic heterocycles. The van der Waals surface area contributed by atoms with Crippen molar-refractivity contribution in [1.29, 1.82) is 0 Å². The number of hydrogen-bond donors (Lipinski definition) is 2. The first-order chi connectivity index (χ1) is 5.56. The van der Waals surface area contributed by atoms with Crippen molar-refractivity contribution in [2.24, 2.45) is 10.7 Å². The van der Waals surface area contributed by atoms with Gasteiger partial charge in [0.05, 0.1) is 18.9 Å². The van der Waals surface area contributed by atoms with Gasteiger partial charge in [0.15, 0.2) is 5.88 Å². The van der Waals surface area contributed by atoms with Gasteiger partial charge in [0, 0.05) is 6.08 Å². The molecule has 0 fully saturated rings. The Kier molecular flexibility index (Phi) is 2.38. The molecule has 4 heteroatoms. The van der Waals surface area contributed by atoms with Crippen LogP contribution in [0.25, 0.3) is 0 Å². The summed E-state index contributed by atoms with van der Waals surface area (Å²) in [5.74, 6) is 0.386. The summed E-state index contributed by atoms with van der Waals surface area (Å²) in [4.78, 5) is 4.13. The molecule has 0 aromatic carbocycles. The largest absolute Gasteiger partial charge is 0.467 e. The first-order valence-corrected chi connectivity index (χ1v) is 3.88. The molecule has 0 spiro atoms. The molecule has 1 aliphatic rings. The van der Waals surface area contributed by atoms with E-state index in [1.165, 1.54) is 0 Å². The van der Waals surface area contributed by atoms with E-state index in [1.54, 1.807) is 6.08 Å². The third-order valence-electron chi connectivity index (χ3n) is 1.65. The number of nitrogens with two attached hydrogens (primary N) is 1. The van der Waals surface area contributed by atoms with Crippen LogP contribution in [0.15, 0.2) is 17.0 Å². The molecule has 68 valence electrons. The Hall–Kier alpha value is -1.03. The van der Waals surface area contributed by atoms with Crippen LogP contribution in [0.4, 0.5) is 0 Å². The Morgan fingerprint density at radius 1 is 1.67 bits per heavy atom. The quantitative estimate of drug-likeness (QED) is 0.614. The summed E-state index contributed by atoms with van der Waals surface area (Å²) in [6.45, 7) is 4.22. The molecule has 0 bridgehead atoms. The molecule has 0 atom stereocenters. The summed E-state index contributed by atoms with van der Waals surface area (Å²) in [7, 11) is 0. The van der Waals surface area contributed by atoms with E-state index in [0.29, 0.717) is 12.4 Å². The zero-order valence-electron chi connectivity index (χ0n) is 7.37. The van der Waals surface area contributed by atoms with Gasteiger partial charge in [0.2, 0.25) is 0 Å². The highest BCUT2D eigenvalue weighted by Crippen LogP contribution is 2.22. The number of rotatable bonds is 2. The minimum Gasteiger partial charge on any atom is -0.467 e. The molecule has 0 unspecified atom stereocenters. The molecular weight excluding hydrogens is 156 g/mol. The number of aliphatic imine (C=N–C) groups is 1. The summed E-state index contributed by atoms with van der Waals surface area (Å²) in [6, 6.07) is 0. The standard InChI is InChI=1S/C8H14N2O2/c1-8(2)6(10-3-4-11)5-7(9)12-8/h5,11H,3-4,9H2,1-2H3. The Bertz CT molecular complexity index is 231. The van der Waals surface area contributed by atoms with Crippen molar-refractivity contribution in [2.45, 2.75) is 19.4 Å². The zero-order chi connectivity index (χ0) is 9.19. The van der Waals surface area contributed by atoms with Gasteiger partial charge in [-0.3, -0.25) is 4.99 Å². The summed E-state index contributed by atoms with van der Waals surface area (Å²) in [5, 5.41) is 8.56. The maximum absolute atomic E-state index is 8.56. The SMILES string of the molecule is CC1(C)OC(N)=CC1=NCCO. The third-order valence-corrected chi connectivity index (χ3v) is 1.65. The van der Waals surface area contributed by atoms with Gasteiger partial charge in [-0.15, -0.1) is 0 Å². The number of hydrogen-bond acceptors (Lipinski definition) is 4. The third kappa shape index (κ3) is 1.76. The predicted molar refractivity (Wildman–Crippen MR) is 46.8 cm³/mol. The lowest BCUT2D eigenvalue weighted by Crippen LogP contribution is -2.29. The second kappa shape index (κ2) is 3.15. The van der Waals surface area contributed by atoms with E-state index in [0.717, 1.165) is 5.71 Å². The van der Waals surface area contributed by atoms with Crippen molar-refractivity contribution < 1.29 is 9.84 Å². The van der Waals surface area contributed by atoms with Crippen molar-refractivity contribution in [1.82, 2.24) is 0 Å². The zero-order valence-corrected chi connectivity index (χ0v) is 7.37. The minimum atomic E-state index is -0.445. The van der Waals surface area contributed by atoms with Gasteiger partial charge in [-0.2, -0.15) is 0 Å². The molecule has 1 rings (SSSR count). The van der Waals surface area contributed by atoms with E-state index in [1.807, 2.05) is 13.8 Å². The lowest BCUT2D eigenvalue weighted by atomic mass is 10.0. The van der Waals surface area contributed by atoms with Crippen LogP contribution >= 0.6 is 0 Å². The van der Waals surface area contributed by atoms with Gasteiger partial charge in [-0.1, -0.05) is 0 Å². The highest BCUT2D eigenvalue weighted by Gasteiger charge is 2.31. The van der Waals surface area contributed by atoms with Crippen LogP contribution in [-0.2, 0) is 4.74 Å². The minimum absolute atomic E-state index is 0.0489. The summed E-state index contributed by atoms with van der Waals surface area (Å²) < 4.78 is 5.28. The van der Waals surface area contributed by atoms with E-state index in [-0.39, 0.29) is 6.61 Å². The van der Waals surface area contributed by atoms with Crippen LogP contribution in [0.3, 0.4) is 0 Å². The van der Waals surface area contributed by atoms with Gasteiger partial charge in [-0.25, -0.2) is 0 Å². The fourth-order valence-corrected chi connectivity index (χ4v) is 1.09. The maximum atomic E-state index is 8.56. The topological polar surface area (TPSA) is 67.8 Å². The molecule has 0 saturated carbocycles. The van der Waals surface area contributed by atoms with Crippen LogP contribution in [0, 0.1) is 0 Å². The Labute approximate surface area is 71.7 Å². The van der Waals surface area contributed by atoms with Crippen LogP contribution in [0.2, 0.25) is 0 Å². The summed E-state index contributed by atoms with van der Waals surface area (Å²) in [5.41, 5.74) is 5.81. The molecule has 0 saturated heterocycles. The molecule has 0 aromatic heterocycles. The van der Waals surface area contributed by atoms with Crippen molar-refractivity contribution in [3.63, 3.8) is 0 Å². The maximum Gasteiger partial charge on any atom is 0.187 e. The summed E-state index contributed by atoms with van der Waals surface area (Å²) in [6.07, 6.45) is 1.69. The van der Waals surface area contributed by atoms with E-state index < -0.39 is 5.60 Å². The van der Waals surface area contributed by atoms with Crippen molar-refractivity contribution in [3.8, 4) is 0 Å².